The number of piperidine rings is 1. The van der Waals surface area contributed by atoms with Crippen molar-refractivity contribution < 1.29 is 22.7 Å². The van der Waals surface area contributed by atoms with Gasteiger partial charge in [-0.15, -0.1) is 0 Å². The molecule has 1 amide bonds. The lowest BCUT2D eigenvalue weighted by Crippen LogP contribution is -2.53. The smallest absolute Gasteiger partial charge is 0.341 e. The number of carbonyl (C=O) groups is 2. The second kappa shape index (κ2) is 11.8. The number of nitrogens with one attached hydrogen (secondary N) is 2. The van der Waals surface area contributed by atoms with Crippen molar-refractivity contribution in [3.8, 4) is 11.1 Å². The molecule has 234 valence electrons. The Bertz CT molecular complexity index is 2010. The van der Waals surface area contributed by atoms with E-state index >= 15 is 0 Å². The van der Waals surface area contributed by atoms with E-state index in [1.54, 1.807) is 36.4 Å². The number of halogens is 2. The van der Waals surface area contributed by atoms with Crippen LogP contribution in [0.1, 0.15) is 29.8 Å². The molecule has 3 aromatic carbocycles. The quantitative estimate of drug-likeness (QED) is 0.242. The maximum absolute atomic E-state index is 13.3. The lowest BCUT2D eigenvalue weighted by molar-refractivity contribution is -0.149. The fraction of sp³-hybridized carbons (Fsp3) is 0.281. The monoisotopic (exact) mass is 667 g/mol. The zero-order chi connectivity index (χ0) is 32.1. The fourth-order valence-corrected chi connectivity index (χ4v) is 7.16. The zero-order valence-corrected chi connectivity index (χ0v) is 26.9. The molecule has 2 aliphatic rings. The van der Waals surface area contributed by atoms with Gasteiger partial charge in [0.15, 0.2) is 15.4 Å². The number of nitrogens with two attached hydrogens (primary N) is 1. The first-order chi connectivity index (χ1) is 21.3. The molecule has 0 bridgehead atoms. The van der Waals surface area contributed by atoms with Crippen molar-refractivity contribution >= 4 is 61.5 Å². The molecule has 2 aliphatic heterocycles. The Labute approximate surface area is 270 Å². The number of hydrogen-bond donors (Lipinski definition) is 3. The Morgan fingerprint density at radius 3 is 2.73 bits per heavy atom. The zero-order valence-electron chi connectivity index (χ0n) is 24.6. The highest BCUT2D eigenvalue weighted by atomic mass is 35.5. The number of nitrogens with zero attached hydrogens (tertiary/aromatic N) is 2. The number of sulfone groups is 1. The Hall–Kier alpha value is -3.90. The second-order valence-electron chi connectivity index (χ2n) is 11.6. The van der Waals surface area contributed by atoms with E-state index in [1.807, 2.05) is 24.0 Å². The third kappa shape index (κ3) is 6.17. The molecule has 10 nitrogen and oxygen atoms in total. The van der Waals surface area contributed by atoms with Crippen LogP contribution in [-0.2, 0) is 30.7 Å². The lowest BCUT2D eigenvalue weighted by atomic mass is 9.86. The van der Waals surface area contributed by atoms with Crippen LogP contribution >= 0.6 is 23.2 Å². The van der Waals surface area contributed by atoms with Crippen LogP contribution in [0.5, 0.6) is 0 Å². The van der Waals surface area contributed by atoms with Crippen molar-refractivity contribution in [2.24, 2.45) is 5.73 Å². The standard InChI is InChI=1S/C32H31Cl2N5O5S/c1-18-11-23(19-5-3-6-21(12-19)45(2,42)43)24(34)14-22(18)29-30(35)32(44-31(29)41)9-4-10-39(17-32)16-28(40)36-15-27-37-25-8-7-20(33)13-26(25)38-27/h3,5-8,11-14H,4,9-10,15-17,35H2,1-2H3,(H,36,40)(H,37,38). The molecular formula is C32H31Cl2N5O5S. The molecule has 0 saturated carbocycles. The van der Waals surface area contributed by atoms with E-state index < -0.39 is 21.4 Å². The van der Waals surface area contributed by atoms with Gasteiger partial charge >= 0.3 is 5.97 Å². The summed E-state index contributed by atoms with van der Waals surface area (Å²) in [6.45, 7) is 3.07. The molecule has 1 aromatic heterocycles. The summed E-state index contributed by atoms with van der Waals surface area (Å²) >= 11 is 12.8. The number of aryl methyl sites for hydroxylation is 1. The number of aromatic amines is 1. The van der Waals surface area contributed by atoms with E-state index in [0.717, 1.165) is 22.9 Å². The van der Waals surface area contributed by atoms with Gasteiger partial charge in [0.05, 0.1) is 40.3 Å². The van der Waals surface area contributed by atoms with Crippen LogP contribution in [0.3, 0.4) is 0 Å². The van der Waals surface area contributed by atoms with Crippen LogP contribution in [0, 0.1) is 6.92 Å². The Morgan fingerprint density at radius 1 is 1.16 bits per heavy atom. The van der Waals surface area contributed by atoms with Gasteiger partial charge in [-0.05, 0) is 85.5 Å². The van der Waals surface area contributed by atoms with Crippen molar-refractivity contribution in [2.75, 3.05) is 25.9 Å². The number of amides is 1. The predicted octanol–water partition coefficient (Wildman–Crippen LogP) is 4.63. The van der Waals surface area contributed by atoms with Crippen LogP contribution in [0.4, 0.5) is 0 Å². The maximum Gasteiger partial charge on any atom is 0.341 e. The first-order valence-electron chi connectivity index (χ1n) is 14.3. The van der Waals surface area contributed by atoms with E-state index in [4.69, 9.17) is 33.7 Å². The summed E-state index contributed by atoms with van der Waals surface area (Å²) in [6.07, 6.45) is 2.35. The van der Waals surface area contributed by atoms with Gasteiger partial charge in [-0.3, -0.25) is 9.69 Å². The van der Waals surface area contributed by atoms with Gasteiger partial charge in [-0.25, -0.2) is 18.2 Å². The highest BCUT2D eigenvalue weighted by Gasteiger charge is 2.49. The van der Waals surface area contributed by atoms with Crippen molar-refractivity contribution in [3.05, 3.63) is 87.3 Å². The van der Waals surface area contributed by atoms with E-state index in [2.05, 4.69) is 15.3 Å². The number of benzene rings is 3. The number of hydrogen-bond acceptors (Lipinski definition) is 8. The van der Waals surface area contributed by atoms with Crippen molar-refractivity contribution in [3.63, 3.8) is 0 Å². The van der Waals surface area contributed by atoms with E-state index in [9.17, 15) is 18.0 Å². The first kappa shape index (κ1) is 31.1. The second-order valence-corrected chi connectivity index (χ2v) is 14.4. The number of carbonyl (C=O) groups excluding carboxylic acids is 2. The van der Waals surface area contributed by atoms with Crippen LogP contribution in [0.25, 0.3) is 27.7 Å². The minimum absolute atomic E-state index is 0.0973. The van der Waals surface area contributed by atoms with E-state index in [0.29, 0.717) is 57.6 Å². The number of aromatic nitrogens is 2. The van der Waals surface area contributed by atoms with Crippen LogP contribution in [0.2, 0.25) is 10.0 Å². The molecule has 3 heterocycles. The largest absolute Gasteiger partial charge is 0.448 e. The fourth-order valence-electron chi connectivity index (χ4n) is 6.05. The summed E-state index contributed by atoms with van der Waals surface area (Å²) in [5.41, 5.74) is 10.3. The number of rotatable bonds is 7. The first-order valence-corrected chi connectivity index (χ1v) is 17.0. The number of fused-ring (bicyclic) bond motifs is 1. The molecule has 1 saturated heterocycles. The van der Waals surface area contributed by atoms with Crippen molar-refractivity contribution in [2.45, 2.75) is 36.8 Å². The molecule has 1 unspecified atom stereocenters. The number of imidazole rings is 1. The molecule has 1 atom stereocenters. The van der Waals surface area contributed by atoms with Crippen LogP contribution < -0.4 is 11.1 Å². The molecule has 45 heavy (non-hydrogen) atoms. The molecule has 0 radical (unpaired) electrons. The van der Waals surface area contributed by atoms with Crippen LogP contribution in [-0.4, -0.2) is 66.7 Å². The average molecular weight is 669 g/mol. The molecule has 13 heteroatoms. The molecule has 4 N–H and O–H groups in total. The Morgan fingerprint density at radius 2 is 1.96 bits per heavy atom. The van der Waals surface area contributed by atoms with Gasteiger partial charge in [0.1, 0.15) is 5.82 Å². The summed E-state index contributed by atoms with van der Waals surface area (Å²) in [6, 6.07) is 15.4. The lowest BCUT2D eigenvalue weighted by Gasteiger charge is -2.39. The van der Waals surface area contributed by atoms with Gasteiger partial charge in [0.25, 0.3) is 0 Å². The van der Waals surface area contributed by atoms with Gasteiger partial charge < -0.3 is 20.8 Å². The van der Waals surface area contributed by atoms with Gasteiger partial charge in [-0.1, -0.05) is 35.3 Å². The highest BCUT2D eigenvalue weighted by molar-refractivity contribution is 7.90. The third-order valence-electron chi connectivity index (χ3n) is 8.26. The summed E-state index contributed by atoms with van der Waals surface area (Å²) in [4.78, 5) is 36.0. The molecule has 0 aliphatic carbocycles. The topological polar surface area (TPSA) is 147 Å². The molecule has 4 aromatic rings. The minimum atomic E-state index is -3.41. The average Bonchev–Trinajstić information content (AvgIpc) is 3.49. The van der Waals surface area contributed by atoms with E-state index in [1.165, 1.54) is 6.07 Å². The molecule has 6 rings (SSSR count). The summed E-state index contributed by atoms with van der Waals surface area (Å²) < 4.78 is 30.2. The minimum Gasteiger partial charge on any atom is -0.448 e. The summed E-state index contributed by atoms with van der Waals surface area (Å²) in [5.74, 6) is -0.133. The van der Waals surface area contributed by atoms with Gasteiger partial charge in [-0.2, -0.15) is 0 Å². The predicted molar refractivity (Wildman–Crippen MR) is 173 cm³/mol. The molecule has 1 spiro atoms. The summed E-state index contributed by atoms with van der Waals surface area (Å²) in [7, 11) is -3.41. The Balaban J connectivity index is 1.19. The van der Waals surface area contributed by atoms with Crippen molar-refractivity contribution in [1.29, 1.82) is 0 Å². The summed E-state index contributed by atoms with van der Waals surface area (Å²) in [5, 5.41) is 3.83. The highest BCUT2D eigenvalue weighted by Crippen LogP contribution is 2.43. The molecule has 1 fully saturated rings. The normalized spacial score (nSPS) is 19.0. The number of ether oxygens (including phenoxy) is 1. The number of likely N-dealkylation sites (tertiary alicyclic amines) is 1. The third-order valence-corrected chi connectivity index (χ3v) is 9.91. The maximum atomic E-state index is 13.3. The Kier molecular flexibility index (Phi) is 8.15. The number of esters is 1. The SMILES string of the molecule is Cc1cc(-c2cccc(S(C)(=O)=O)c2)c(Cl)cc1C1=C(N)C2(CCCN(CC(=O)NCc3nc4ccc(Cl)cc4[nH]3)C2)OC1=O. The van der Waals surface area contributed by atoms with Crippen LogP contribution in [0.15, 0.2) is 65.2 Å². The van der Waals surface area contributed by atoms with Crippen molar-refractivity contribution in [1.82, 2.24) is 20.2 Å². The van der Waals surface area contributed by atoms with Gasteiger partial charge in [0.2, 0.25) is 5.91 Å². The molecular weight excluding hydrogens is 637 g/mol. The van der Waals surface area contributed by atoms with E-state index in [-0.39, 0.29) is 36.0 Å². The number of H-pyrrole nitrogens is 1. The van der Waals surface area contributed by atoms with Gasteiger partial charge in [0, 0.05) is 28.4 Å².